The third kappa shape index (κ3) is 4.97. The lowest BCUT2D eigenvalue weighted by Gasteiger charge is -2.34. The molecule has 1 saturated heterocycles. The summed E-state index contributed by atoms with van der Waals surface area (Å²) in [4.78, 5) is 4.72. The zero-order chi connectivity index (χ0) is 25.3. The Balaban J connectivity index is 1.32. The van der Waals surface area contributed by atoms with Gasteiger partial charge in [0, 0.05) is 50.5 Å². The number of sulfonamides is 1. The fourth-order valence-corrected chi connectivity index (χ4v) is 5.52. The average Bonchev–Trinajstić information content (AvgIpc) is 3.50. The van der Waals surface area contributed by atoms with E-state index in [4.69, 9.17) is 14.2 Å². The highest BCUT2D eigenvalue weighted by Crippen LogP contribution is 2.34. The van der Waals surface area contributed by atoms with Crippen LogP contribution in [0, 0.1) is 0 Å². The van der Waals surface area contributed by atoms with Crippen molar-refractivity contribution >= 4 is 15.7 Å². The number of likely N-dealkylation sites (N-methyl/N-ethyl adjacent to an activating group) is 1. The molecule has 0 spiro atoms. The fraction of sp³-hybridized carbons (Fsp3) is 0.417. The summed E-state index contributed by atoms with van der Waals surface area (Å²) in [5.74, 6) is 2.02. The normalized spacial score (nSPS) is 16.8. The van der Waals surface area contributed by atoms with Gasteiger partial charge in [-0.2, -0.15) is 0 Å². The van der Waals surface area contributed by atoms with Crippen molar-refractivity contribution in [1.82, 2.24) is 24.4 Å². The second kappa shape index (κ2) is 9.96. The Labute approximate surface area is 210 Å². The first kappa shape index (κ1) is 24.3. The summed E-state index contributed by atoms with van der Waals surface area (Å²) in [6.07, 6.45) is 0. The molecule has 2 aromatic carbocycles. The Morgan fingerprint density at radius 2 is 1.83 bits per heavy atom. The van der Waals surface area contributed by atoms with Gasteiger partial charge in [0.1, 0.15) is 5.75 Å². The molecule has 0 aliphatic carbocycles. The summed E-state index contributed by atoms with van der Waals surface area (Å²) >= 11 is 0. The number of rotatable bonds is 8. The minimum atomic E-state index is -3.84. The number of aromatic nitrogens is 3. The number of hydrogen-bond donors (Lipinski definition) is 1. The van der Waals surface area contributed by atoms with Crippen molar-refractivity contribution in [1.29, 1.82) is 0 Å². The fourth-order valence-electron chi connectivity index (χ4n) is 4.30. The predicted octanol–water partition coefficient (Wildman–Crippen LogP) is 2.61. The van der Waals surface area contributed by atoms with Crippen molar-refractivity contribution in [2.75, 3.05) is 44.9 Å². The highest BCUT2D eigenvalue weighted by molar-refractivity contribution is 7.89. The SMILES string of the molecule is CCn1c(Oc2cccc(N3CCN(C)CC3)c2)nnc1[C@@H](C)NS(=O)(=O)c1ccc2c(c1)OCO2. The maximum absolute atomic E-state index is 13.0. The van der Waals surface area contributed by atoms with E-state index in [1.54, 1.807) is 17.6 Å². The maximum atomic E-state index is 13.0. The maximum Gasteiger partial charge on any atom is 0.322 e. The molecule has 192 valence electrons. The quantitative estimate of drug-likeness (QED) is 0.485. The molecule has 0 saturated carbocycles. The summed E-state index contributed by atoms with van der Waals surface area (Å²) < 4.78 is 47.1. The average molecular weight is 515 g/mol. The van der Waals surface area contributed by atoms with Crippen LogP contribution in [0.25, 0.3) is 0 Å². The van der Waals surface area contributed by atoms with Crippen molar-refractivity contribution in [3.63, 3.8) is 0 Å². The predicted molar refractivity (Wildman–Crippen MR) is 133 cm³/mol. The van der Waals surface area contributed by atoms with Crippen LogP contribution in [0.3, 0.4) is 0 Å². The van der Waals surface area contributed by atoms with Gasteiger partial charge in [-0.25, -0.2) is 13.1 Å². The van der Waals surface area contributed by atoms with E-state index in [0.717, 1.165) is 31.9 Å². The Kier molecular flexibility index (Phi) is 6.73. The summed E-state index contributed by atoms with van der Waals surface area (Å²) in [7, 11) is -1.72. The largest absolute Gasteiger partial charge is 0.454 e. The van der Waals surface area contributed by atoms with Crippen molar-refractivity contribution in [3.8, 4) is 23.3 Å². The molecule has 0 unspecified atom stereocenters. The van der Waals surface area contributed by atoms with Crippen LogP contribution >= 0.6 is 0 Å². The van der Waals surface area contributed by atoms with E-state index in [-0.39, 0.29) is 11.7 Å². The first-order valence-electron chi connectivity index (χ1n) is 11.9. The number of nitrogens with one attached hydrogen (secondary N) is 1. The number of anilines is 1. The third-order valence-corrected chi connectivity index (χ3v) is 7.87. The smallest absolute Gasteiger partial charge is 0.322 e. The van der Waals surface area contributed by atoms with Crippen molar-refractivity contribution in [2.45, 2.75) is 31.3 Å². The highest BCUT2D eigenvalue weighted by atomic mass is 32.2. The Bertz CT molecular complexity index is 1340. The number of fused-ring (bicyclic) bond motifs is 1. The molecular weight excluding hydrogens is 484 g/mol. The van der Waals surface area contributed by atoms with E-state index in [0.29, 0.717) is 35.6 Å². The second-order valence-corrected chi connectivity index (χ2v) is 10.5. The van der Waals surface area contributed by atoms with Crippen LogP contribution < -0.4 is 23.8 Å². The number of hydrogen-bond acceptors (Lipinski definition) is 9. The molecule has 3 aromatic rings. The molecule has 3 heterocycles. The zero-order valence-electron chi connectivity index (χ0n) is 20.5. The van der Waals surface area contributed by atoms with E-state index in [1.165, 1.54) is 12.1 Å². The van der Waals surface area contributed by atoms with Crippen LogP contribution in [0.1, 0.15) is 25.7 Å². The lowest BCUT2D eigenvalue weighted by molar-refractivity contribution is 0.174. The van der Waals surface area contributed by atoms with Crippen LogP contribution in [-0.2, 0) is 16.6 Å². The van der Waals surface area contributed by atoms with Crippen LogP contribution in [-0.4, -0.2) is 68.1 Å². The molecule has 1 fully saturated rings. The third-order valence-electron chi connectivity index (χ3n) is 6.33. The van der Waals surface area contributed by atoms with Gasteiger partial charge in [0.15, 0.2) is 17.3 Å². The molecule has 2 aliphatic rings. The topological polar surface area (TPSA) is 111 Å². The summed E-state index contributed by atoms with van der Waals surface area (Å²) in [5.41, 5.74) is 1.09. The van der Waals surface area contributed by atoms with Gasteiger partial charge in [-0.05, 0) is 45.2 Å². The molecule has 5 rings (SSSR count). The van der Waals surface area contributed by atoms with Gasteiger partial charge in [-0.1, -0.05) is 11.2 Å². The monoisotopic (exact) mass is 514 g/mol. The number of ether oxygens (including phenoxy) is 3. The van der Waals surface area contributed by atoms with E-state index in [2.05, 4.69) is 37.8 Å². The van der Waals surface area contributed by atoms with Gasteiger partial charge in [0.2, 0.25) is 16.8 Å². The van der Waals surface area contributed by atoms with Crippen molar-refractivity contribution < 1.29 is 22.6 Å². The number of benzene rings is 2. The molecular formula is C24H30N6O5S. The molecule has 1 atom stereocenters. The molecule has 0 radical (unpaired) electrons. The lowest BCUT2D eigenvalue weighted by atomic mass is 10.2. The van der Waals surface area contributed by atoms with Gasteiger partial charge in [0.05, 0.1) is 10.9 Å². The van der Waals surface area contributed by atoms with E-state index < -0.39 is 16.1 Å². The highest BCUT2D eigenvalue weighted by Gasteiger charge is 2.26. The van der Waals surface area contributed by atoms with Crippen molar-refractivity contribution in [3.05, 3.63) is 48.3 Å². The minimum absolute atomic E-state index is 0.0727. The molecule has 11 nitrogen and oxygen atoms in total. The minimum Gasteiger partial charge on any atom is -0.454 e. The van der Waals surface area contributed by atoms with Gasteiger partial charge in [-0.3, -0.25) is 4.57 Å². The molecule has 2 aliphatic heterocycles. The number of nitrogens with zero attached hydrogens (tertiary/aromatic N) is 5. The van der Waals surface area contributed by atoms with Crippen molar-refractivity contribution in [2.24, 2.45) is 0 Å². The van der Waals surface area contributed by atoms with Crippen LogP contribution in [0.5, 0.6) is 23.3 Å². The Morgan fingerprint density at radius 3 is 2.61 bits per heavy atom. The lowest BCUT2D eigenvalue weighted by Crippen LogP contribution is -2.44. The standard InChI is InChI=1S/C24H30N6O5S/c1-4-30-23(17(2)27-36(31,32)20-8-9-21-22(15-20)34-16-33-21)25-26-24(30)35-19-7-5-6-18(14-19)29-12-10-28(3)11-13-29/h5-9,14-15,17,27H,4,10-13,16H2,1-3H3/t17-/m1/s1. The van der Waals surface area contributed by atoms with Gasteiger partial charge in [0.25, 0.3) is 0 Å². The van der Waals surface area contributed by atoms with Crippen LogP contribution in [0.15, 0.2) is 47.4 Å². The van der Waals surface area contributed by atoms with Crippen LogP contribution in [0.2, 0.25) is 0 Å². The molecule has 36 heavy (non-hydrogen) atoms. The zero-order valence-corrected chi connectivity index (χ0v) is 21.4. The molecule has 1 aromatic heterocycles. The molecule has 1 N–H and O–H groups in total. The van der Waals surface area contributed by atoms with E-state index in [9.17, 15) is 8.42 Å². The molecule has 12 heteroatoms. The second-order valence-electron chi connectivity index (χ2n) is 8.83. The van der Waals surface area contributed by atoms with Gasteiger partial charge < -0.3 is 24.0 Å². The Morgan fingerprint density at radius 1 is 1.06 bits per heavy atom. The summed E-state index contributed by atoms with van der Waals surface area (Å²) in [6, 6.07) is 12.1. The van der Waals surface area contributed by atoms with Gasteiger partial charge in [-0.15, -0.1) is 5.10 Å². The molecule has 0 bridgehead atoms. The first-order chi connectivity index (χ1) is 17.3. The molecule has 0 amide bonds. The van der Waals surface area contributed by atoms with E-state index in [1.807, 2.05) is 25.1 Å². The summed E-state index contributed by atoms with van der Waals surface area (Å²) in [6.45, 7) is 8.16. The number of piperazine rings is 1. The summed E-state index contributed by atoms with van der Waals surface area (Å²) in [5, 5.41) is 8.44. The Hall–Kier alpha value is -3.35. The first-order valence-corrected chi connectivity index (χ1v) is 13.4. The van der Waals surface area contributed by atoms with E-state index >= 15 is 0 Å². The van der Waals surface area contributed by atoms with Crippen LogP contribution in [0.4, 0.5) is 5.69 Å². The van der Waals surface area contributed by atoms with Gasteiger partial charge >= 0.3 is 6.01 Å².